The Balaban J connectivity index is 1.85. The number of hydrogen-bond acceptors (Lipinski definition) is 4. The van der Waals surface area contributed by atoms with Crippen LogP contribution in [0, 0.1) is 5.92 Å². The van der Waals surface area contributed by atoms with Gasteiger partial charge in [0.15, 0.2) is 0 Å². The standard InChI is InChI=1S/C15H24N2O2S2/c1-2-9-17(12-13-3-4-13)21(18,19)11-10-20-15-7-5-14(16)6-8-15/h5-8,13H,2-4,9-12,16H2,1H3. The second-order valence-electron chi connectivity index (χ2n) is 5.53. The van der Waals surface area contributed by atoms with Gasteiger partial charge in [0.25, 0.3) is 0 Å². The van der Waals surface area contributed by atoms with Crippen LogP contribution in [0.5, 0.6) is 0 Å². The fourth-order valence-corrected chi connectivity index (χ4v) is 5.04. The van der Waals surface area contributed by atoms with Crippen molar-refractivity contribution in [3.8, 4) is 0 Å². The Kier molecular flexibility index (Phi) is 5.96. The molecule has 1 aromatic rings. The molecular weight excluding hydrogens is 304 g/mol. The number of sulfonamides is 1. The van der Waals surface area contributed by atoms with Crippen LogP contribution in [0.1, 0.15) is 26.2 Å². The number of thioether (sulfide) groups is 1. The van der Waals surface area contributed by atoms with Gasteiger partial charge in [-0.05, 0) is 49.4 Å². The lowest BCUT2D eigenvalue weighted by atomic mass is 10.3. The van der Waals surface area contributed by atoms with E-state index in [1.54, 1.807) is 16.1 Å². The third-order valence-corrected chi connectivity index (χ3v) is 6.63. The summed E-state index contributed by atoms with van der Waals surface area (Å²) in [5, 5.41) is 0. The van der Waals surface area contributed by atoms with Crippen LogP contribution in [0.15, 0.2) is 29.2 Å². The average Bonchev–Trinajstić information content (AvgIpc) is 3.24. The molecule has 1 saturated carbocycles. The summed E-state index contributed by atoms with van der Waals surface area (Å²) in [6, 6.07) is 7.54. The molecule has 0 bridgehead atoms. The van der Waals surface area contributed by atoms with Gasteiger partial charge in [-0.2, -0.15) is 0 Å². The first-order chi connectivity index (χ1) is 10.0. The monoisotopic (exact) mass is 328 g/mol. The highest BCUT2D eigenvalue weighted by atomic mass is 32.2. The van der Waals surface area contributed by atoms with Gasteiger partial charge in [-0.1, -0.05) is 6.92 Å². The van der Waals surface area contributed by atoms with Gasteiger partial charge in [0.1, 0.15) is 0 Å². The SMILES string of the molecule is CCCN(CC1CC1)S(=O)(=O)CCSc1ccc(N)cc1. The quantitative estimate of drug-likeness (QED) is 0.559. The molecule has 1 aromatic carbocycles. The van der Waals surface area contributed by atoms with Crippen molar-refractivity contribution < 1.29 is 8.42 Å². The van der Waals surface area contributed by atoms with E-state index in [1.165, 1.54) is 12.8 Å². The maximum Gasteiger partial charge on any atom is 0.214 e. The van der Waals surface area contributed by atoms with Crippen LogP contribution in [0.3, 0.4) is 0 Å². The molecule has 21 heavy (non-hydrogen) atoms. The van der Waals surface area contributed by atoms with Gasteiger partial charge in [-0.3, -0.25) is 0 Å². The largest absolute Gasteiger partial charge is 0.399 e. The van der Waals surface area contributed by atoms with Crippen molar-refractivity contribution in [2.45, 2.75) is 31.1 Å². The summed E-state index contributed by atoms with van der Waals surface area (Å²) in [4.78, 5) is 1.06. The summed E-state index contributed by atoms with van der Waals surface area (Å²) >= 11 is 1.56. The van der Waals surface area contributed by atoms with Crippen LogP contribution >= 0.6 is 11.8 Å². The summed E-state index contributed by atoms with van der Waals surface area (Å²) in [7, 11) is -3.13. The average molecular weight is 329 g/mol. The highest BCUT2D eigenvalue weighted by Crippen LogP contribution is 2.31. The second kappa shape index (κ2) is 7.51. The maximum absolute atomic E-state index is 12.4. The highest BCUT2D eigenvalue weighted by molar-refractivity contribution is 8.00. The number of benzene rings is 1. The van der Waals surface area contributed by atoms with Gasteiger partial charge in [-0.15, -0.1) is 11.8 Å². The van der Waals surface area contributed by atoms with Gasteiger partial charge in [0.2, 0.25) is 10.0 Å². The van der Waals surface area contributed by atoms with E-state index < -0.39 is 10.0 Å². The minimum Gasteiger partial charge on any atom is -0.399 e. The molecule has 1 aliphatic carbocycles. The van der Waals surface area contributed by atoms with Crippen molar-refractivity contribution in [1.29, 1.82) is 0 Å². The number of anilines is 1. The lowest BCUT2D eigenvalue weighted by Crippen LogP contribution is -2.36. The van der Waals surface area contributed by atoms with Crippen LogP contribution in [0.25, 0.3) is 0 Å². The normalized spacial score (nSPS) is 15.5. The zero-order valence-electron chi connectivity index (χ0n) is 12.5. The Labute approximate surface area is 132 Å². The zero-order valence-corrected chi connectivity index (χ0v) is 14.1. The number of rotatable bonds is 9. The second-order valence-corrected chi connectivity index (χ2v) is 8.79. The van der Waals surface area contributed by atoms with Crippen molar-refractivity contribution >= 4 is 27.5 Å². The van der Waals surface area contributed by atoms with Crippen LogP contribution in [0.4, 0.5) is 5.69 Å². The molecule has 118 valence electrons. The van der Waals surface area contributed by atoms with E-state index in [2.05, 4.69) is 0 Å². The summed E-state index contributed by atoms with van der Waals surface area (Å²) in [6.45, 7) is 3.38. The molecular formula is C15H24N2O2S2. The molecule has 4 nitrogen and oxygen atoms in total. The highest BCUT2D eigenvalue weighted by Gasteiger charge is 2.29. The van der Waals surface area contributed by atoms with Crippen LogP contribution in [-0.2, 0) is 10.0 Å². The van der Waals surface area contributed by atoms with Gasteiger partial charge < -0.3 is 5.73 Å². The number of nitrogens with zero attached hydrogens (tertiary/aromatic N) is 1. The van der Waals surface area contributed by atoms with E-state index in [0.29, 0.717) is 24.8 Å². The fourth-order valence-electron chi connectivity index (χ4n) is 2.14. The zero-order chi connectivity index (χ0) is 15.3. The van der Waals surface area contributed by atoms with E-state index in [4.69, 9.17) is 5.73 Å². The van der Waals surface area contributed by atoms with Crippen molar-refractivity contribution in [2.24, 2.45) is 5.92 Å². The summed E-state index contributed by atoms with van der Waals surface area (Å²) in [6.07, 6.45) is 3.23. The van der Waals surface area contributed by atoms with Crippen molar-refractivity contribution in [1.82, 2.24) is 4.31 Å². The summed E-state index contributed by atoms with van der Waals surface area (Å²) in [5.74, 6) is 1.38. The maximum atomic E-state index is 12.4. The molecule has 0 atom stereocenters. The summed E-state index contributed by atoms with van der Waals surface area (Å²) in [5.41, 5.74) is 6.37. The van der Waals surface area contributed by atoms with E-state index in [0.717, 1.165) is 17.0 Å². The predicted molar refractivity (Wildman–Crippen MR) is 90.0 cm³/mol. The first kappa shape index (κ1) is 16.6. The molecule has 1 aliphatic rings. The minimum absolute atomic E-state index is 0.203. The lowest BCUT2D eigenvalue weighted by Gasteiger charge is -2.21. The van der Waals surface area contributed by atoms with Crippen molar-refractivity contribution in [3.63, 3.8) is 0 Å². The van der Waals surface area contributed by atoms with Crippen LogP contribution in [-0.4, -0.2) is 37.3 Å². The molecule has 0 heterocycles. The van der Waals surface area contributed by atoms with E-state index in [-0.39, 0.29) is 5.75 Å². The van der Waals surface area contributed by atoms with Gasteiger partial charge in [0, 0.05) is 29.4 Å². The van der Waals surface area contributed by atoms with Crippen LogP contribution in [0.2, 0.25) is 0 Å². The molecule has 0 amide bonds. The van der Waals surface area contributed by atoms with E-state index in [1.807, 2.05) is 31.2 Å². The molecule has 0 unspecified atom stereocenters. The first-order valence-electron chi connectivity index (χ1n) is 7.47. The number of hydrogen-bond donors (Lipinski definition) is 1. The van der Waals surface area contributed by atoms with Crippen LogP contribution < -0.4 is 5.73 Å². The third-order valence-electron chi connectivity index (χ3n) is 3.52. The molecule has 0 radical (unpaired) electrons. The van der Waals surface area contributed by atoms with Crippen molar-refractivity contribution in [2.75, 3.05) is 30.3 Å². The molecule has 1 fully saturated rings. The Morgan fingerprint density at radius 2 is 1.95 bits per heavy atom. The molecule has 2 rings (SSSR count). The Morgan fingerprint density at radius 1 is 1.29 bits per heavy atom. The Morgan fingerprint density at radius 3 is 2.52 bits per heavy atom. The molecule has 2 N–H and O–H groups in total. The smallest absolute Gasteiger partial charge is 0.214 e. The lowest BCUT2D eigenvalue weighted by molar-refractivity contribution is 0.396. The molecule has 0 aromatic heterocycles. The van der Waals surface area contributed by atoms with Gasteiger partial charge >= 0.3 is 0 Å². The number of nitrogens with two attached hydrogens (primary N) is 1. The fraction of sp³-hybridized carbons (Fsp3) is 0.600. The molecule has 0 spiro atoms. The summed E-state index contributed by atoms with van der Waals surface area (Å²) < 4.78 is 26.5. The Hall–Kier alpha value is -0.720. The Bertz CT molecular complexity index is 539. The first-order valence-corrected chi connectivity index (χ1v) is 10.1. The van der Waals surface area contributed by atoms with Crippen molar-refractivity contribution in [3.05, 3.63) is 24.3 Å². The number of nitrogen functional groups attached to an aromatic ring is 1. The molecule has 6 heteroatoms. The van der Waals surface area contributed by atoms with E-state index >= 15 is 0 Å². The van der Waals surface area contributed by atoms with Gasteiger partial charge in [0.05, 0.1) is 5.75 Å². The molecule has 0 aliphatic heterocycles. The third kappa shape index (κ3) is 5.52. The molecule has 0 saturated heterocycles. The topological polar surface area (TPSA) is 63.4 Å². The van der Waals surface area contributed by atoms with Gasteiger partial charge in [-0.25, -0.2) is 12.7 Å². The van der Waals surface area contributed by atoms with E-state index in [9.17, 15) is 8.42 Å². The minimum atomic E-state index is -3.13. The predicted octanol–water partition coefficient (Wildman–Crippen LogP) is 2.81.